The highest BCUT2D eigenvalue weighted by atomic mass is 32.2. The molecule has 0 heterocycles. The number of anilines is 2. The Labute approximate surface area is 208 Å². The Bertz CT molecular complexity index is 1340. The van der Waals surface area contributed by atoms with Gasteiger partial charge in [-0.2, -0.15) is 0 Å². The van der Waals surface area contributed by atoms with E-state index in [1.54, 1.807) is 31.2 Å². The summed E-state index contributed by atoms with van der Waals surface area (Å²) >= 11 is 0. The quantitative estimate of drug-likeness (QED) is 0.293. The van der Waals surface area contributed by atoms with Gasteiger partial charge in [-0.05, 0) is 67.1 Å². The first-order valence-electron chi connectivity index (χ1n) is 10.8. The van der Waals surface area contributed by atoms with Crippen LogP contribution in [0, 0.1) is 0 Å². The third-order valence-electron chi connectivity index (χ3n) is 4.74. The van der Waals surface area contributed by atoms with Crippen molar-refractivity contribution in [2.75, 3.05) is 22.9 Å². The summed E-state index contributed by atoms with van der Waals surface area (Å²) in [5.74, 6) is -0.497. The zero-order chi connectivity index (χ0) is 26.1. The summed E-state index contributed by atoms with van der Waals surface area (Å²) in [5.41, 5.74) is 2.22. The first kappa shape index (κ1) is 26.2. The van der Waals surface area contributed by atoms with E-state index in [0.29, 0.717) is 28.1 Å². The molecular formula is C25H25N3O7S. The Kier molecular flexibility index (Phi) is 8.63. The largest absolute Gasteiger partial charge is 0.513 e. The molecule has 188 valence electrons. The molecule has 11 heteroatoms. The Hall–Kier alpha value is -4.38. The molecule has 0 aromatic heterocycles. The lowest BCUT2D eigenvalue weighted by Crippen LogP contribution is -2.24. The van der Waals surface area contributed by atoms with Gasteiger partial charge < -0.3 is 20.1 Å². The number of carbonyl (C=O) groups is 3. The predicted octanol–water partition coefficient (Wildman–Crippen LogP) is 3.78. The van der Waals surface area contributed by atoms with E-state index >= 15 is 0 Å². The average Bonchev–Trinajstić information content (AvgIpc) is 2.83. The van der Waals surface area contributed by atoms with Crippen LogP contribution in [0.1, 0.15) is 33.2 Å². The Morgan fingerprint density at radius 2 is 1.44 bits per heavy atom. The summed E-state index contributed by atoms with van der Waals surface area (Å²) < 4.78 is 34.7. The lowest BCUT2D eigenvalue weighted by Gasteiger charge is -2.13. The van der Waals surface area contributed by atoms with E-state index < -0.39 is 22.1 Å². The van der Waals surface area contributed by atoms with Crippen molar-refractivity contribution in [3.63, 3.8) is 0 Å². The molecule has 0 spiro atoms. The molecule has 3 aromatic carbocycles. The summed E-state index contributed by atoms with van der Waals surface area (Å²) in [6.45, 7) is 2.00. The number of carbonyl (C=O) groups excluding carboxylic acids is 3. The maximum Gasteiger partial charge on any atom is 0.513 e. The first-order valence-corrected chi connectivity index (χ1v) is 12.7. The third-order valence-corrected chi connectivity index (χ3v) is 5.34. The van der Waals surface area contributed by atoms with Gasteiger partial charge in [-0.3, -0.25) is 14.3 Å². The van der Waals surface area contributed by atoms with Crippen molar-refractivity contribution in [2.24, 2.45) is 0 Å². The van der Waals surface area contributed by atoms with Gasteiger partial charge in [-0.1, -0.05) is 18.2 Å². The van der Waals surface area contributed by atoms with E-state index in [-0.39, 0.29) is 24.8 Å². The number of sulfonamides is 1. The second-order valence-corrected chi connectivity index (χ2v) is 9.30. The Morgan fingerprint density at radius 3 is 2.08 bits per heavy atom. The molecule has 0 aliphatic rings. The minimum Gasteiger partial charge on any atom is -0.434 e. The number of amides is 2. The van der Waals surface area contributed by atoms with Gasteiger partial charge in [0, 0.05) is 29.0 Å². The van der Waals surface area contributed by atoms with Gasteiger partial charge in [-0.25, -0.2) is 13.2 Å². The van der Waals surface area contributed by atoms with E-state index in [2.05, 4.69) is 15.4 Å². The van der Waals surface area contributed by atoms with Crippen LogP contribution in [0.3, 0.4) is 0 Å². The van der Waals surface area contributed by atoms with Crippen molar-refractivity contribution in [1.29, 1.82) is 0 Å². The highest BCUT2D eigenvalue weighted by molar-refractivity contribution is 7.92. The molecular weight excluding hydrogens is 486 g/mol. The number of nitrogens with one attached hydrogen (secondary N) is 3. The highest BCUT2D eigenvalue weighted by Gasteiger charge is 2.12. The monoisotopic (exact) mass is 511 g/mol. The van der Waals surface area contributed by atoms with E-state index in [4.69, 9.17) is 9.47 Å². The molecule has 10 nitrogen and oxygen atoms in total. The van der Waals surface area contributed by atoms with Crippen LogP contribution in [0.4, 0.5) is 16.2 Å². The summed E-state index contributed by atoms with van der Waals surface area (Å²) in [7, 11) is -3.42. The average molecular weight is 512 g/mol. The Balaban J connectivity index is 1.61. The van der Waals surface area contributed by atoms with Gasteiger partial charge >= 0.3 is 6.16 Å². The lowest BCUT2D eigenvalue weighted by atomic mass is 10.1. The molecule has 2 amide bonds. The van der Waals surface area contributed by atoms with Crippen LogP contribution in [0.25, 0.3) is 0 Å². The van der Waals surface area contributed by atoms with Gasteiger partial charge in [0.1, 0.15) is 5.75 Å². The van der Waals surface area contributed by atoms with Gasteiger partial charge in [-0.15, -0.1) is 0 Å². The zero-order valence-corrected chi connectivity index (χ0v) is 20.4. The van der Waals surface area contributed by atoms with Crippen LogP contribution in [0.15, 0.2) is 72.8 Å². The van der Waals surface area contributed by atoms with Gasteiger partial charge in [0.05, 0.1) is 12.9 Å². The van der Waals surface area contributed by atoms with Crippen molar-refractivity contribution in [3.8, 4) is 5.75 Å². The molecule has 0 atom stereocenters. The normalized spacial score (nSPS) is 10.7. The fraction of sp³-hybridized carbons (Fsp3) is 0.160. The molecule has 36 heavy (non-hydrogen) atoms. The molecule has 0 fully saturated rings. The maximum atomic E-state index is 12.7. The minimum absolute atomic E-state index is 0.146. The number of ether oxygens (including phenoxy) is 2. The van der Waals surface area contributed by atoms with Crippen LogP contribution < -0.4 is 20.1 Å². The summed E-state index contributed by atoms with van der Waals surface area (Å²) in [4.78, 5) is 36.6. The molecule has 0 aliphatic heterocycles. The van der Waals surface area contributed by atoms with Crippen LogP contribution in [0.2, 0.25) is 0 Å². The molecule has 3 rings (SSSR count). The Morgan fingerprint density at radius 1 is 0.833 bits per heavy atom. The SMILES string of the molecule is CCOC(=O)Oc1ccc(C(=O)NCc2ccccc2NC(=O)c2ccc(NS(C)(=O)=O)cc2)cc1. The van der Waals surface area contributed by atoms with E-state index in [0.717, 1.165) is 6.26 Å². The minimum atomic E-state index is -3.42. The van der Waals surface area contributed by atoms with Crippen LogP contribution >= 0.6 is 0 Å². The highest BCUT2D eigenvalue weighted by Crippen LogP contribution is 2.18. The van der Waals surface area contributed by atoms with Gasteiger partial charge in [0.2, 0.25) is 10.0 Å². The molecule has 0 bridgehead atoms. The van der Waals surface area contributed by atoms with Crippen LogP contribution in [0.5, 0.6) is 5.75 Å². The number of benzene rings is 3. The van der Waals surface area contributed by atoms with Crippen molar-refractivity contribution < 1.29 is 32.3 Å². The van der Waals surface area contributed by atoms with Crippen molar-refractivity contribution in [2.45, 2.75) is 13.5 Å². The summed E-state index contributed by atoms with van der Waals surface area (Å²) in [5, 5.41) is 5.60. The molecule has 0 saturated heterocycles. The smallest absolute Gasteiger partial charge is 0.434 e. The zero-order valence-electron chi connectivity index (χ0n) is 19.6. The number of para-hydroxylation sites is 1. The second kappa shape index (κ2) is 11.8. The van der Waals surface area contributed by atoms with Gasteiger partial charge in [0.15, 0.2) is 0 Å². The van der Waals surface area contributed by atoms with Crippen molar-refractivity contribution >= 4 is 39.4 Å². The summed E-state index contributed by atoms with van der Waals surface area (Å²) in [6.07, 6.45) is 0.216. The van der Waals surface area contributed by atoms with Gasteiger partial charge in [0.25, 0.3) is 11.8 Å². The van der Waals surface area contributed by atoms with E-state index in [1.807, 2.05) is 0 Å². The van der Waals surface area contributed by atoms with Crippen molar-refractivity contribution in [3.05, 3.63) is 89.5 Å². The molecule has 0 unspecified atom stereocenters. The fourth-order valence-electron chi connectivity index (χ4n) is 3.09. The molecule has 3 aromatic rings. The lowest BCUT2D eigenvalue weighted by molar-refractivity contribution is 0.0950. The first-order chi connectivity index (χ1) is 17.1. The molecule has 3 N–H and O–H groups in total. The fourth-order valence-corrected chi connectivity index (χ4v) is 3.65. The standard InChI is InChI=1S/C25H25N3O7S/c1-3-34-25(31)35-21-14-10-17(11-15-21)23(29)26-16-19-6-4-5-7-22(19)27-24(30)18-8-12-20(13-9-18)28-36(2,32)33/h4-15,28H,3,16H2,1-2H3,(H,26,29)(H,27,30). The number of rotatable bonds is 9. The second-order valence-electron chi connectivity index (χ2n) is 7.55. The number of hydrogen-bond acceptors (Lipinski definition) is 7. The number of hydrogen-bond donors (Lipinski definition) is 3. The summed E-state index contributed by atoms with van der Waals surface area (Å²) in [6, 6.07) is 19.0. The maximum absolute atomic E-state index is 12.7. The topological polar surface area (TPSA) is 140 Å². The predicted molar refractivity (Wildman–Crippen MR) is 135 cm³/mol. The molecule has 0 radical (unpaired) electrons. The van der Waals surface area contributed by atoms with Crippen LogP contribution in [-0.4, -0.2) is 39.3 Å². The molecule has 0 saturated carbocycles. The van der Waals surface area contributed by atoms with Crippen LogP contribution in [-0.2, 0) is 21.3 Å². The van der Waals surface area contributed by atoms with E-state index in [1.165, 1.54) is 48.5 Å². The third kappa shape index (κ3) is 7.84. The van der Waals surface area contributed by atoms with Crippen molar-refractivity contribution in [1.82, 2.24) is 5.32 Å². The van der Waals surface area contributed by atoms with E-state index in [9.17, 15) is 22.8 Å². The molecule has 0 aliphatic carbocycles.